The molecule has 0 unspecified atom stereocenters. The molecule has 0 saturated heterocycles. The summed E-state index contributed by atoms with van der Waals surface area (Å²) in [4.78, 5) is 22.8. The fourth-order valence-corrected chi connectivity index (χ4v) is 1.59. The van der Waals surface area contributed by atoms with Gasteiger partial charge in [0.05, 0.1) is 0 Å². The summed E-state index contributed by atoms with van der Waals surface area (Å²) in [5.74, 6) is 0.468. The number of likely N-dealkylation sites (N-methyl/N-ethyl adjacent to an activating group) is 1. The van der Waals surface area contributed by atoms with Gasteiger partial charge in [0.25, 0.3) is 5.91 Å². The van der Waals surface area contributed by atoms with Crippen LogP contribution in [-0.4, -0.2) is 25.0 Å². The van der Waals surface area contributed by atoms with Crippen LogP contribution in [0, 0.1) is 0 Å². The lowest BCUT2D eigenvalue weighted by Gasteiger charge is -2.08. The number of anilines is 1. The molecule has 0 aliphatic rings. The maximum absolute atomic E-state index is 11.5. The molecule has 2 amide bonds. The number of rotatable bonds is 8. The Balaban J connectivity index is 2.40. The Hall–Kier alpha value is -2.04. The normalized spacial score (nSPS) is 9.90. The monoisotopic (exact) mass is 278 g/mol. The van der Waals surface area contributed by atoms with E-state index in [-0.39, 0.29) is 18.4 Å². The Labute approximate surface area is 119 Å². The second-order valence-electron chi connectivity index (χ2n) is 4.42. The van der Waals surface area contributed by atoms with E-state index >= 15 is 0 Å². The fourth-order valence-electron chi connectivity index (χ4n) is 1.59. The predicted molar refractivity (Wildman–Crippen MR) is 78.8 cm³/mol. The SMILES string of the molecule is CCCCC(=O)Nc1ccc(OCC(=O)NCC)cc1. The first kappa shape index (κ1) is 16.0. The highest BCUT2D eigenvalue weighted by Gasteiger charge is 2.03. The standard InChI is InChI=1S/C15H22N2O3/c1-3-5-6-14(18)17-12-7-9-13(10-8-12)20-11-15(19)16-4-2/h7-10H,3-6,11H2,1-2H3,(H,16,19)(H,17,18). The van der Waals surface area contributed by atoms with E-state index < -0.39 is 0 Å². The summed E-state index contributed by atoms with van der Waals surface area (Å²) >= 11 is 0. The second-order valence-corrected chi connectivity index (χ2v) is 4.42. The summed E-state index contributed by atoms with van der Waals surface area (Å²) in [6.45, 7) is 4.49. The number of hydrogen-bond acceptors (Lipinski definition) is 3. The van der Waals surface area contributed by atoms with Crippen LogP contribution in [0.15, 0.2) is 24.3 Å². The summed E-state index contributed by atoms with van der Waals surface area (Å²) in [7, 11) is 0. The van der Waals surface area contributed by atoms with Crippen molar-refractivity contribution < 1.29 is 14.3 Å². The van der Waals surface area contributed by atoms with Gasteiger partial charge in [-0.25, -0.2) is 0 Å². The van der Waals surface area contributed by atoms with Crippen molar-refractivity contribution in [3.63, 3.8) is 0 Å². The summed E-state index contributed by atoms with van der Waals surface area (Å²) < 4.78 is 5.32. The molecule has 0 heterocycles. The number of ether oxygens (including phenoxy) is 1. The van der Waals surface area contributed by atoms with E-state index in [1.54, 1.807) is 24.3 Å². The minimum Gasteiger partial charge on any atom is -0.484 e. The summed E-state index contributed by atoms with van der Waals surface area (Å²) in [5, 5.41) is 5.47. The highest BCUT2D eigenvalue weighted by molar-refractivity contribution is 5.90. The molecule has 5 heteroatoms. The van der Waals surface area contributed by atoms with Crippen molar-refractivity contribution in [3.8, 4) is 5.75 Å². The Morgan fingerprint density at radius 3 is 2.40 bits per heavy atom. The maximum Gasteiger partial charge on any atom is 0.257 e. The molecule has 20 heavy (non-hydrogen) atoms. The van der Waals surface area contributed by atoms with Crippen LogP contribution in [0.5, 0.6) is 5.75 Å². The van der Waals surface area contributed by atoms with E-state index in [0.29, 0.717) is 18.7 Å². The van der Waals surface area contributed by atoms with E-state index in [1.165, 1.54) is 0 Å². The highest BCUT2D eigenvalue weighted by atomic mass is 16.5. The lowest BCUT2D eigenvalue weighted by Crippen LogP contribution is -2.28. The highest BCUT2D eigenvalue weighted by Crippen LogP contribution is 2.16. The number of nitrogens with one attached hydrogen (secondary N) is 2. The quantitative estimate of drug-likeness (QED) is 0.767. The maximum atomic E-state index is 11.5. The Morgan fingerprint density at radius 2 is 1.80 bits per heavy atom. The molecule has 0 spiro atoms. The van der Waals surface area contributed by atoms with Gasteiger partial charge in [-0.15, -0.1) is 0 Å². The van der Waals surface area contributed by atoms with Crippen LogP contribution in [0.2, 0.25) is 0 Å². The summed E-state index contributed by atoms with van der Waals surface area (Å²) in [6.07, 6.45) is 2.42. The van der Waals surface area contributed by atoms with Gasteiger partial charge in [-0.1, -0.05) is 13.3 Å². The summed E-state index contributed by atoms with van der Waals surface area (Å²) in [6, 6.07) is 6.98. The van der Waals surface area contributed by atoms with Crippen LogP contribution >= 0.6 is 0 Å². The van der Waals surface area contributed by atoms with Crippen molar-refractivity contribution in [2.75, 3.05) is 18.5 Å². The first-order valence-electron chi connectivity index (χ1n) is 6.95. The molecule has 0 atom stereocenters. The van der Waals surface area contributed by atoms with Crippen molar-refractivity contribution in [2.45, 2.75) is 33.1 Å². The van der Waals surface area contributed by atoms with Crippen molar-refractivity contribution >= 4 is 17.5 Å². The lowest BCUT2D eigenvalue weighted by molar-refractivity contribution is -0.123. The lowest BCUT2D eigenvalue weighted by atomic mass is 10.2. The van der Waals surface area contributed by atoms with Crippen LogP contribution in [-0.2, 0) is 9.59 Å². The molecular weight excluding hydrogens is 256 g/mol. The van der Waals surface area contributed by atoms with Gasteiger partial charge in [0, 0.05) is 18.7 Å². The number of carbonyl (C=O) groups is 2. The van der Waals surface area contributed by atoms with E-state index in [2.05, 4.69) is 10.6 Å². The Kier molecular flexibility index (Phi) is 7.17. The minimum atomic E-state index is -0.149. The summed E-state index contributed by atoms with van der Waals surface area (Å²) in [5.41, 5.74) is 0.733. The third-order valence-electron chi connectivity index (χ3n) is 2.64. The first-order chi connectivity index (χ1) is 9.65. The van der Waals surface area contributed by atoms with Crippen LogP contribution in [0.3, 0.4) is 0 Å². The molecule has 1 aromatic carbocycles. The molecule has 0 aliphatic heterocycles. The van der Waals surface area contributed by atoms with E-state index in [9.17, 15) is 9.59 Å². The molecular formula is C15H22N2O3. The van der Waals surface area contributed by atoms with Crippen molar-refractivity contribution in [2.24, 2.45) is 0 Å². The topological polar surface area (TPSA) is 67.4 Å². The van der Waals surface area contributed by atoms with Gasteiger partial charge >= 0.3 is 0 Å². The van der Waals surface area contributed by atoms with Gasteiger partial charge in [0.1, 0.15) is 5.75 Å². The molecule has 0 radical (unpaired) electrons. The van der Waals surface area contributed by atoms with Gasteiger partial charge in [-0.3, -0.25) is 9.59 Å². The van der Waals surface area contributed by atoms with Gasteiger partial charge in [0.15, 0.2) is 6.61 Å². The Bertz CT molecular complexity index is 429. The smallest absolute Gasteiger partial charge is 0.257 e. The molecule has 0 fully saturated rings. The van der Waals surface area contributed by atoms with Crippen molar-refractivity contribution in [1.82, 2.24) is 5.32 Å². The average molecular weight is 278 g/mol. The van der Waals surface area contributed by atoms with Gasteiger partial charge in [-0.05, 0) is 37.6 Å². The zero-order valence-corrected chi connectivity index (χ0v) is 12.1. The Morgan fingerprint density at radius 1 is 1.10 bits per heavy atom. The zero-order valence-electron chi connectivity index (χ0n) is 12.1. The molecule has 1 aromatic rings. The average Bonchev–Trinajstić information content (AvgIpc) is 2.45. The molecule has 0 aliphatic carbocycles. The number of unbranched alkanes of at least 4 members (excludes halogenated alkanes) is 1. The molecule has 0 aromatic heterocycles. The van der Waals surface area contributed by atoms with E-state index in [4.69, 9.17) is 4.74 Å². The van der Waals surface area contributed by atoms with E-state index in [1.807, 2.05) is 13.8 Å². The number of benzene rings is 1. The molecule has 0 saturated carbocycles. The van der Waals surface area contributed by atoms with Crippen LogP contribution in [0.1, 0.15) is 33.1 Å². The van der Waals surface area contributed by atoms with Crippen LogP contribution < -0.4 is 15.4 Å². The number of carbonyl (C=O) groups excluding carboxylic acids is 2. The number of amides is 2. The largest absolute Gasteiger partial charge is 0.484 e. The third kappa shape index (κ3) is 6.22. The van der Waals surface area contributed by atoms with Crippen LogP contribution in [0.25, 0.3) is 0 Å². The minimum absolute atomic E-state index is 0.00392. The van der Waals surface area contributed by atoms with Gasteiger partial charge in [-0.2, -0.15) is 0 Å². The number of hydrogen-bond donors (Lipinski definition) is 2. The van der Waals surface area contributed by atoms with Crippen molar-refractivity contribution in [3.05, 3.63) is 24.3 Å². The zero-order chi connectivity index (χ0) is 14.8. The van der Waals surface area contributed by atoms with Gasteiger partial charge < -0.3 is 15.4 Å². The second kappa shape index (κ2) is 8.96. The molecule has 0 bridgehead atoms. The van der Waals surface area contributed by atoms with Gasteiger partial charge in [0.2, 0.25) is 5.91 Å². The predicted octanol–water partition coefficient (Wildman–Crippen LogP) is 2.33. The fraction of sp³-hybridized carbons (Fsp3) is 0.467. The molecule has 110 valence electrons. The molecule has 1 rings (SSSR count). The molecule has 2 N–H and O–H groups in total. The van der Waals surface area contributed by atoms with E-state index in [0.717, 1.165) is 18.5 Å². The first-order valence-corrected chi connectivity index (χ1v) is 6.95. The third-order valence-corrected chi connectivity index (χ3v) is 2.64. The molecule has 5 nitrogen and oxygen atoms in total. The van der Waals surface area contributed by atoms with Crippen molar-refractivity contribution in [1.29, 1.82) is 0 Å². The van der Waals surface area contributed by atoms with Crippen LogP contribution in [0.4, 0.5) is 5.69 Å².